The maximum Gasteiger partial charge on any atom is 0.267 e. The molecule has 1 aromatic heterocycles. The molecular formula is C16H12ClFN2O3S2. The number of nitrogens with one attached hydrogen (secondary N) is 1. The molecule has 5 nitrogen and oxygen atoms in total. The molecule has 130 valence electrons. The van der Waals surface area contributed by atoms with Gasteiger partial charge in [0.05, 0.1) is 10.8 Å². The molecule has 0 saturated heterocycles. The number of benzene rings is 2. The Labute approximate surface area is 152 Å². The van der Waals surface area contributed by atoms with Gasteiger partial charge in [-0.3, -0.25) is 4.79 Å². The number of hydrogen-bond acceptors (Lipinski definition) is 4. The summed E-state index contributed by atoms with van der Waals surface area (Å²) < 4.78 is 36.2. The Bertz CT molecular complexity index is 1080. The van der Waals surface area contributed by atoms with Crippen LogP contribution in [0.25, 0.3) is 10.1 Å². The van der Waals surface area contributed by atoms with Crippen molar-refractivity contribution in [2.45, 2.75) is 5.75 Å². The standard InChI is InChI=1S/C16H12ClFN2O3S2/c17-14-12-5-4-10(18)7-13(12)24-15(14)16(21)20-11-3-1-2-9(6-11)8-25(19,22)23/h1-7H,8H2,(H,20,21)(H2,19,22,23). The summed E-state index contributed by atoms with van der Waals surface area (Å²) in [6, 6.07) is 10.4. The van der Waals surface area contributed by atoms with Gasteiger partial charge in [-0.2, -0.15) is 0 Å². The number of rotatable bonds is 4. The molecule has 0 unspecified atom stereocenters. The Morgan fingerprint density at radius 2 is 2.00 bits per heavy atom. The highest BCUT2D eigenvalue weighted by Crippen LogP contribution is 2.36. The number of amides is 1. The minimum atomic E-state index is -3.67. The molecule has 1 amide bonds. The van der Waals surface area contributed by atoms with Crippen molar-refractivity contribution in [2.75, 3.05) is 5.32 Å². The van der Waals surface area contributed by atoms with Crippen LogP contribution in [0, 0.1) is 5.82 Å². The van der Waals surface area contributed by atoms with Crippen molar-refractivity contribution >= 4 is 54.6 Å². The highest BCUT2D eigenvalue weighted by atomic mass is 35.5. The number of anilines is 1. The van der Waals surface area contributed by atoms with Gasteiger partial charge in [0, 0.05) is 15.8 Å². The Hall–Kier alpha value is -2.00. The predicted molar refractivity (Wildman–Crippen MR) is 98.0 cm³/mol. The van der Waals surface area contributed by atoms with Crippen LogP contribution in [0.4, 0.5) is 10.1 Å². The third-order valence-corrected chi connectivity index (χ3v) is 5.74. The Kier molecular flexibility index (Phi) is 4.79. The van der Waals surface area contributed by atoms with Gasteiger partial charge >= 0.3 is 0 Å². The van der Waals surface area contributed by atoms with E-state index >= 15 is 0 Å². The van der Waals surface area contributed by atoms with Crippen LogP contribution in [0.1, 0.15) is 15.2 Å². The van der Waals surface area contributed by atoms with Crippen LogP contribution < -0.4 is 10.5 Å². The number of nitrogens with two attached hydrogens (primary N) is 1. The molecule has 0 aliphatic carbocycles. The number of halogens is 2. The average molecular weight is 399 g/mol. The smallest absolute Gasteiger partial charge is 0.267 e. The summed E-state index contributed by atoms with van der Waals surface area (Å²) in [6.45, 7) is 0. The van der Waals surface area contributed by atoms with Crippen molar-refractivity contribution in [3.63, 3.8) is 0 Å². The number of carbonyl (C=O) groups is 1. The molecule has 0 radical (unpaired) electrons. The van der Waals surface area contributed by atoms with Crippen LogP contribution in [0.15, 0.2) is 42.5 Å². The second-order valence-electron chi connectivity index (χ2n) is 5.35. The monoisotopic (exact) mass is 398 g/mol. The van der Waals surface area contributed by atoms with Crippen LogP contribution in [0.3, 0.4) is 0 Å². The number of carbonyl (C=O) groups excluding carboxylic acids is 1. The largest absolute Gasteiger partial charge is 0.321 e. The lowest BCUT2D eigenvalue weighted by atomic mass is 10.2. The zero-order valence-corrected chi connectivity index (χ0v) is 15.0. The van der Waals surface area contributed by atoms with E-state index in [1.165, 1.54) is 24.3 Å². The Morgan fingerprint density at radius 1 is 1.24 bits per heavy atom. The minimum Gasteiger partial charge on any atom is -0.321 e. The van der Waals surface area contributed by atoms with Gasteiger partial charge in [-0.05, 0) is 35.9 Å². The highest BCUT2D eigenvalue weighted by molar-refractivity contribution is 7.88. The molecule has 3 rings (SSSR count). The van der Waals surface area contributed by atoms with Crippen LogP contribution in [0.2, 0.25) is 5.02 Å². The van der Waals surface area contributed by atoms with Gasteiger partial charge in [0.1, 0.15) is 10.7 Å². The third kappa shape index (κ3) is 4.16. The van der Waals surface area contributed by atoms with E-state index in [1.807, 2.05) is 0 Å². The topological polar surface area (TPSA) is 89.3 Å². The molecular weight excluding hydrogens is 387 g/mol. The van der Waals surface area contributed by atoms with Crippen molar-refractivity contribution in [3.8, 4) is 0 Å². The van der Waals surface area contributed by atoms with Crippen molar-refractivity contribution in [1.82, 2.24) is 0 Å². The first-order chi connectivity index (χ1) is 11.7. The fraction of sp³-hybridized carbons (Fsp3) is 0.0625. The summed E-state index contributed by atoms with van der Waals surface area (Å²) in [5.41, 5.74) is 0.857. The van der Waals surface area contributed by atoms with E-state index < -0.39 is 21.7 Å². The number of fused-ring (bicyclic) bond motifs is 1. The predicted octanol–water partition coefficient (Wildman–Crippen LogP) is 3.73. The van der Waals surface area contributed by atoms with E-state index in [0.717, 1.165) is 11.3 Å². The van der Waals surface area contributed by atoms with E-state index in [9.17, 15) is 17.6 Å². The van der Waals surface area contributed by atoms with Gasteiger partial charge in [0.15, 0.2) is 0 Å². The molecule has 2 aromatic carbocycles. The zero-order valence-electron chi connectivity index (χ0n) is 12.6. The highest BCUT2D eigenvalue weighted by Gasteiger charge is 2.18. The lowest BCUT2D eigenvalue weighted by Crippen LogP contribution is -2.15. The number of thiophene rings is 1. The SMILES string of the molecule is NS(=O)(=O)Cc1cccc(NC(=O)c2sc3cc(F)ccc3c2Cl)c1. The molecule has 3 aromatic rings. The normalized spacial score (nSPS) is 11.6. The second-order valence-corrected chi connectivity index (χ2v) is 8.39. The zero-order chi connectivity index (χ0) is 18.2. The summed E-state index contributed by atoms with van der Waals surface area (Å²) in [7, 11) is -3.67. The lowest BCUT2D eigenvalue weighted by molar-refractivity contribution is 0.103. The molecule has 0 saturated carbocycles. The lowest BCUT2D eigenvalue weighted by Gasteiger charge is -2.06. The van der Waals surface area contributed by atoms with Crippen molar-refractivity contribution < 1.29 is 17.6 Å². The van der Waals surface area contributed by atoms with Crippen LogP contribution in [0.5, 0.6) is 0 Å². The maximum atomic E-state index is 13.3. The van der Waals surface area contributed by atoms with Crippen molar-refractivity contribution in [3.05, 3.63) is 63.7 Å². The van der Waals surface area contributed by atoms with Crippen LogP contribution in [-0.2, 0) is 15.8 Å². The molecule has 9 heteroatoms. The first-order valence-electron chi connectivity index (χ1n) is 7.01. The second kappa shape index (κ2) is 6.72. The number of primary sulfonamides is 1. The molecule has 25 heavy (non-hydrogen) atoms. The van der Waals surface area contributed by atoms with E-state index in [1.54, 1.807) is 18.2 Å². The molecule has 0 aliphatic rings. The molecule has 3 N–H and O–H groups in total. The van der Waals surface area contributed by atoms with E-state index in [4.69, 9.17) is 16.7 Å². The maximum absolute atomic E-state index is 13.3. The van der Waals surface area contributed by atoms with E-state index in [-0.39, 0.29) is 15.7 Å². The van der Waals surface area contributed by atoms with Gasteiger partial charge in [0.25, 0.3) is 5.91 Å². The molecule has 0 atom stereocenters. The van der Waals surface area contributed by atoms with Gasteiger partial charge in [0.2, 0.25) is 10.0 Å². The average Bonchev–Trinajstić information content (AvgIpc) is 2.82. The van der Waals surface area contributed by atoms with E-state index in [2.05, 4.69) is 5.32 Å². The summed E-state index contributed by atoms with van der Waals surface area (Å²) in [6.07, 6.45) is 0. The summed E-state index contributed by atoms with van der Waals surface area (Å²) in [4.78, 5) is 12.7. The van der Waals surface area contributed by atoms with Crippen molar-refractivity contribution in [1.29, 1.82) is 0 Å². The number of sulfonamides is 1. The molecule has 0 spiro atoms. The fourth-order valence-electron chi connectivity index (χ4n) is 2.34. The fourth-order valence-corrected chi connectivity index (χ4v) is 4.43. The van der Waals surface area contributed by atoms with Gasteiger partial charge in [-0.25, -0.2) is 17.9 Å². The minimum absolute atomic E-state index is 0.248. The Balaban J connectivity index is 1.88. The Morgan fingerprint density at radius 3 is 2.72 bits per heavy atom. The molecule has 1 heterocycles. The van der Waals surface area contributed by atoms with Crippen LogP contribution >= 0.6 is 22.9 Å². The summed E-state index contributed by atoms with van der Waals surface area (Å²) in [5, 5.41) is 8.53. The first-order valence-corrected chi connectivity index (χ1v) is 9.92. The molecule has 0 fully saturated rings. The number of hydrogen-bond donors (Lipinski definition) is 2. The van der Waals surface area contributed by atoms with Gasteiger partial charge < -0.3 is 5.32 Å². The summed E-state index contributed by atoms with van der Waals surface area (Å²) in [5.74, 6) is -1.20. The summed E-state index contributed by atoms with van der Waals surface area (Å²) >= 11 is 7.30. The third-order valence-electron chi connectivity index (χ3n) is 3.35. The van der Waals surface area contributed by atoms with E-state index in [0.29, 0.717) is 21.3 Å². The van der Waals surface area contributed by atoms with Crippen LogP contribution in [-0.4, -0.2) is 14.3 Å². The van der Waals surface area contributed by atoms with Gasteiger partial charge in [-0.1, -0.05) is 23.7 Å². The first kappa shape index (κ1) is 17.8. The van der Waals surface area contributed by atoms with Crippen molar-refractivity contribution in [2.24, 2.45) is 5.14 Å². The quantitative estimate of drug-likeness (QED) is 0.701. The van der Waals surface area contributed by atoms with Gasteiger partial charge in [-0.15, -0.1) is 11.3 Å². The molecule has 0 bridgehead atoms. The molecule has 0 aliphatic heterocycles.